The maximum Gasteiger partial charge on any atom is 0.408 e. The Labute approximate surface area is 106 Å². The molecule has 1 aliphatic rings. The number of hydrogen-bond acceptors (Lipinski definition) is 5. The van der Waals surface area contributed by atoms with Gasteiger partial charge in [0.05, 0.1) is 6.54 Å². The Kier molecular flexibility index (Phi) is 3.40. The third-order valence-corrected chi connectivity index (χ3v) is 2.34. The summed E-state index contributed by atoms with van der Waals surface area (Å²) in [5.74, 6) is 1.35. The molecule has 0 aromatic carbocycles. The molecule has 2 N–H and O–H groups in total. The van der Waals surface area contributed by atoms with Crippen molar-refractivity contribution in [2.24, 2.45) is 0 Å². The summed E-state index contributed by atoms with van der Waals surface area (Å²) in [6.45, 7) is 7.52. The largest absolute Gasteiger partial charge is 0.444 e. The van der Waals surface area contributed by atoms with Gasteiger partial charge in [-0.15, -0.1) is 0 Å². The summed E-state index contributed by atoms with van der Waals surface area (Å²) in [5, 5.41) is 10.1. The first-order valence-corrected chi connectivity index (χ1v) is 6.08. The van der Waals surface area contributed by atoms with Crippen molar-refractivity contribution in [1.82, 2.24) is 20.1 Å². The Bertz CT molecular complexity index is 412. The predicted octanol–water partition coefficient (Wildman–Crippen LogP) is 1.12. The first-order chi connectivity index (χ1) is 8.44. The molecule has 0 bridgehead atoms. The molecule has 1 aliphatic heterocycles. The van der Waals surface area contributed by atoms with Crippen LogP contribution in [0.2, 0.25) is 0 Å². The summed E-state index contributed by atoms with van der Waals surface area (Å²) < 4.78 is 6.95. The van der Waals surface area contributed by atoms with E-state index in [0.29, 0.717) is 5.82 Å². The third-order valence-electron chi connectivity index (χ3n) is 2.34. The lowest BCUT2D eigenvalue weighted by Gasteiger charge is -2.19. The maximum atomic E-state index is 11.5. The zero-order chi connectivity index (χ0) is 13.2. The molecule has 0 atom stereocenters. The highest BCUT2D eigenvalue weighted by Crippen LogP contribution is 2.11. The van der Waals surface area contributed by atoms with Gasteiger partial charge in [-0.2, -0.15) is 10.1 Å². The number of nitrogens with one attached hydrogen (secondary N) is 2. The smallest absolute Gasteiger partial charge is 0.408 e. The second-order valence-electron chi connectivity index (χ2n) is 5.21. The molecule has 1 aromatic rings. The van der Waals surface area contributed by atoms with Crippen molar-refractivity contribution in [3.8, 4) is 0 Å². The van der Waals surface area contributed by atoms with E-state index < -0.39 is 11.7 Å². The van der Waals surface area contributed by atoms with Crippen molar-refractivity contribution in [3.05, 3.63) is 5.82 Å². The van der Waals surface area contributed by atoms with Gasteiger partial charge in [0.15, 0.2) is 5.82 Å². The average Bonchev–Trinajstić information content (AvgIpc) is 2.66. The van der Waals surface area contributed by atoms with Crippen molar-refractivity contribution in [1.29, 1.82) is 0 Å². The summed E-state index contributed by atoms with van der Waals surface area (Å²) in [4.78, 5) is 15.8. The van der Waals surface area contributed by atoms with Crippen LogP contribution in [0.15, 0.2) is 0 Å². The molecule has 0 spiro atoms. The minimum atomic E-state index is -0.494. The number of rotatable bonds is 2. The fourth-order valence-electron chi connectivity index (χ4n) is 1.65. The number of fused-ring (bicyclic) bond motifs is 1. The maximum absolute atomic E-state index is 11.5. The molecule has 0 saturated carbocycles. The Morgan fingerprint density at radius 3 is 3.00 bits per heavy atom. The molecule has 1 amide bonds. The molecule has 0 saturated heterocycles. The highest BCUT2D eigenvalue weighted by atomic mass is 16.6. The van der Waals surface area contributed by atoms with Crippen LogP contribution < -0.4 is 10.6 Å². The zero-order valence-electron chi connectivity index (χ0n) is 11.0. The molecule has 0 unspecified atom stereocenters. The van der Waals surface area contributed by atoms with Crippen LogP contribution in [0, 0.1) is 0 Å². The summed E-state index contributed by atoms with van der Waals surface area (Å²) in [6, 6.07) is 0. The van der Waals surface area contributed by atoms with E-state index in [1.54, 1.807) is 0 Å². The van der Waals surface area contributed by atoms with Crippen LogP contribution >= 0.6 is 0 Å². The van der Waals surface area contributed by atoms with Gasteiger partial charge in [-0.3, -0.25) is 0 Å². The number of ether oxygens (including phenoxy) is 1. The summed E-state index contributed by atoms with van der Waals surface area (Å²) in [7, 11) is 0. The van der Waals surface area contributed by atoms with Crippen molar-refractivity contribution < 1.29 is 9.53 Å². The second-order valence-corrected chi connectivity index (χ2v) is 5.21. The van der Waals surface area contributed by atoms with Crippen LogP contribution in [0.5, 0.6) is 0 Å². The first-order valence-electron chi connectivity index (χ1n) is 6.08. The monoisotopic (exact) mass is 253 g/mol. The molecular weight excluding hydrogens is 234 g/mol. The van der Waals surface area contributed by atoms with E-state index in [9.17, 15) is 4.79 Å². The van der Waals surface area contributed by atoms with Crippen molar-refractivity contribution in [3.63, 3.8) is 0 Å². The van der Waals surface area contributed by atoms with E-state index in [1.165, 1.54) is 0 Å². The van der Waals surface area contributed by atoms with Gasteiger partial charge in [0.25, 0.3) is 0 Å². The lowest BCUT2D eigenvalue weighted by Crippen LogP contribution is -2.32. The lowest BCUT2D eigenvalue weighted by molar-refractivity contribution is 0.0522. The average molecular weight is 253 g/mol. The molecular formula is C11H19N5O2. The number of anilines is 1. The quantitative estimate of drug-likeness (QED) is 0.825. The Morgan fingerprint density at radius 2 is 2.33 bits per heavy atom. The predicted molar refractivity (Wildman–Crippen MR) is 66.2 cm³/mol. The molecule has 7 heteroatoms. The van der Waals surface area contributed by atoms with Crippen LogP contribution in [0.25, 0.3) is 0 Å². The summed E-state index contributed by atoms with van der Waals surface area (Å²) in [6.07, 6.45) is 0.582. The van der Waals surface area contributed by atoms with Crippen molar-refractivity contribution in [2.45, 2.75) is 45.9 Å². The van der Waals surface area contributed by atoms with Gasteiger partial charge < -0.3 is 15.4 Å². The number of aryl methyl sites for hydroxylation is 1. The number of aromatic nitrogens is 3. The molecule has 0 aliphatic carbocycles. The van der Waals surface area contributed by atoms with Gasteiger partial charge >= 0.3 is 6.09 Å². The van der Waals surface area contributed by atoms with E-state index in [4.69, 9.17) is 4.74 Å². The third kappa shape index (κ3) is 3.35. The van der Waals surface area contributed by atoms with Crippen LogP contribution in [-0.2, 0) is 17.8 Å². The van der Waals surface area contributed by atoms with Gasteiger partial charge in [0.1, 0.15) is 5.60 Å². The molecule has 0 fully saturated rings. The van der Waals surface area contributed by atoms with Gasteiger partial charge in [-0.05, 0) is 27.2 Å². The van der Waals surface area contributed by atoms with E-state index in [-0.39, 0.29) is 6.54 Å². The van der Waals surface area contributed by atoms with Crippen molar-refractivity contribution in [2.75, 3.05) is 11.9 Å². The second kappa shape index (κ2) is 4.83. The molecule has 18 heavy (non-hydrogen) atoms. The van der Waals surface area contributed by atoms with Gasteiger partial charge in [0, 0.05) is 13.1 Å². The topological polar surface area (TPSA) is 81.1 Å². The van der Waals surface area contributed by atoms with E-state index in [0.717, 1.165) is 25.5 Å². The SMILES string of the molecule is CC(C)(C)OC(=O)NCc1nc2n(n1)CCCN2. The normalized spacial score (nSPS) is 14.6. The molecule has 2 heterocycles. The van der Waals surface area contributed by atoms with E-state index in [1.807, 2.05) is 25.5 Å². The molecule has 7 nitrogen and oxygen atoms in total. The summed E-state index contributed by atoms with van der Waals surface area (Å²) >= 11 is 0. The number of amides is 1. The zero-order valence-corrected chi connectivity index (χ0v) is 11.0. The van der Waals surface area contributed by atoms with Crippen LogP contribution in [0.4, 0.5) is 10.7 Å². The summed E-state index contributed by atoms with van der Waals surface area (Å²) in [5.41, 5.74) is -0.494. The van der Waals surface area contributed by atoms with Gasteiger partial charge in [-0.25, -0.2) is 9.48 Å². The Hall–Kier alpha value is -1.79. The minimum Gasteiger partial charge on any atom is -0.444 e. The molecule has 0 radical (unpaired) electrons. The highest BCUT2D eigenvalue weighted by molar-refractivity contribution is 5.67. The number of alkyl carbamates (subject to hydrolysis) is 1. The Balaban J connectivity index is 1.87. The van der Waals surface area contributed by atoms with Crippen molar-refractivity contribution >= 4 is 12.0 Å². The number of hydrogen-bond donors (Lipinski definition) is 2. The lowest BCUT2D eigenvalue weighted by atomic mass is 10.2. The highest BCUT2D eigenvalue weighted by Gasteiger charge is 2.17. The fourth-order valence-corrected chi connectivity index (χ4v) is 1.65. The first kappa shape index (κ1) is 12.7. The van der Waals surface area contributed by atoms with Gasteiger partial charge in [-0.1, -0.05) is 0 Å². The standard InChI is InChI=1S/C11H19N5O2/c1-11(2,3)18-10(17)13-7-8-14-9-12-5-4-6-16(9)15-8/h4-7H2,1-3H3,(H,13,17)(H,12,14,15). The molecule has 2 rings (SSSR count). The van der Waals surface area contributed by atoms with E-state index >= 15 is 0 Å². The molecule has 100 valence electrons. The van der Waals surface area contributed by atoms with Gasteiger partial charge in [0.2, 0.25) is 5.95 Å². The van der Waals surface area contributed by atoms with Crippen LogP contribution in [0.1, 0.15) is 33.0 Å². The minimum absolute atomic E-state index is 0.274. The van der Waals surface area contributed by atoms with Crippen LogP contribution in [-0.4, -0.2) is 33.0 Å². The van der Waals surface area contributed by atoms with E-state index in [2.05, 4.69) is 20.7 Å². The molecule has 1 aromatic heterocycles. The number of carbonyl (C=O) groups excluding carboxylic acids is 1. The number of nitrogens with zero attached hydrogens (tertiary/aromatic N) is 3. The fraction of sp³-hybridized carbons (Fsp3) is 0.727. The Morgan fingerprint density at radius 1 is 1.56 bits per heavy atom. The van der Waals surface area contributed by atoms with Crippen LogP contribution in [0.3, 0.4) is 0 Å². The number of carbonyl (C=O) groups is 1.